The molecule has 5 heteroatoms. The quantitative estimate of drug-likeness (QED) is 0.784. The summed E-state index contributed by atoms with van der Waals surface area (Å²) in [5.41, 5.74) is 1.55. The average Bonchev–Trinajstić information content (AvgIpc) is 2.69. The van der Waals surface area contributed by atoms with Crippen LogP contribution in [0.5, 0.6) is 0 Å². The van der Waals surface area contributed by atoms with Crippen LogP contribution in [0.1, 0.15) is 56.0 Å². The Balaban J connectivity index is 1.82. The summed E-state index contributed by atoms with van der Waals surface area (Å²) in [6, 6.07) is 7.92. The molecule has 1 aliphatic rings. The van der Waals surface area contributed by atoms with Crippen molar-refractivity contribution in [3.63, 3.8) is 0 Å². The maximum absolute atomic E-state index is 12.6. The van der Waals surface area contributed by atoms with Gasteiger partial charge in [-0.25, -0.2) is 0 Å². The molecule has 1 aliphatic heterocycles. The molecule has 5 nitrogen and oxygen atoms in total. The SMILES string of the molecule is CCCCC(=O)NCC#Cc1ccc(C(=O)N2CCN(C(C)C)CC2)cc1. The summed E-state index contributed by atoms with van der Waals surface area (Å²) >= 11 is 0. The van der Waals surface area contributed by atoms with Gasteiger partial charge in [0.25, 0.3) is 5.91 Å². The molecule has 27 heavy (non-hydrogen) atoms. The van der Waals surface area contributed by atoms with Gasteiger partial charge in [0, 0.05) is 49.8 Å². The number of hydrogen-bond acceptors (Lipinski definition) is 3. The van der Waals surface area contributed by atoms with Crippen molar-refractivity contribution in [3.8, 4) is 11.8 Å². The first kappa shape index (κ1) is 21.0. The van der Waals surface area contributed by atoms with Gasteiger partial charge < -0.3 is 10.2 Å². The largest absolute Gasteiger partial charge is 0.345 e. The van der Waals surface area contributed by atoms with Gasteiger partial charge in [0.2, 0.25) is 5.91 Å². The molecule has 1 N–H and O–H groups in total. The average molecular weight is 370 g/mol. The van der Waals surface area contributed by atoms with Crippen LogP contribution in [0.3, 0.4) is 0 Å². The number of carbonyl (C=O) groups is 2. The monoisotopic (exact) mass is 369 g/mol. The summed E-state index contributed by atoms with van der Waals surface area (Å²) in [4.78, 5) is 28.5. The molecule has 1 heterocycles. The lowest BCUT2D eigenvalue weighted by atomic mass is 10.1. The van der Waals surface area contributed by atoms with E-state index in [4.69, 9.17) is 0 Å². The topological polar surface area (TPSA) is 52.7 Å². The lowest BCUT2D eigenvalue weighted by Crippen LogP contribution is -2.50. The normalized spacial score (nSPS) is 14.6. The lowest BCUT2D eigenvalue weighted by molar-refractivity contribution is -0.120. The fraction of sp³-hybridized carbons (Fsp3) is 0.545. The Morgan fingerprint density at radius 3 is 2.37 bits per heavy atom. The Labute approximate surface area is 163 Å². The number of piperazine rings is 1. The molecule has 0 spiro atoms. The summed E-state index contributed by atoms with van der Waals surface area (Å²) < 4.78 is 0. The molecule has 146 valence electrons. The molecular weight excluding hydrogens is 338 g/mol. The van der Waals surface area contributed by atoms with Crippen molar-refractivity contribution >= 4 is 11.8 Å². The first-order valence-electron chi connectivity index (χ1n) is 9.90. The Morgan fingerprint density at radius 1 is 1.11 bits per heavy atom. The highest BCUT2D eigenvalue weighted by Crippen LogP contribution is 2.11. The van der Waals surface area contributed by atoms with E-state index < -0.39 is 0 Å². The number of amides is 2. The van der Waals surface area contributed by atoms with Crippen molar-refractivity contribution in [2.45, 2.75) is 46.1 Å². The molecular formula is C22H31N3O2. The van der Waals surface area contributed by atoms with Gasteiger partial charge in [-0.3, -0.25) is 14.5 Å². The highest BCUT2D eigenvalue weighted by atomic mass is 16.2. The van der Waals surface area contributed by atoms with Crippen LogP contribution in [0.4, 0.5) is 0 Å². The van der Waals surface area contributed by atoms with E-state index in [0.29, 0.717) is 24.6 Å². The van der Waals surface area contributed by atoms with E-state index in [9.17, 15) is 9.59 Å². The van der Waals surface area contributed by atoms with Crippen LogP contribution in [-0.2, 0) is 4.79 Å². The zero-order chi connectivity index (χ0) is 19.6. The fourth-order valence-electron chi connectivity index (χ4n) is 3.03. The molecule has 1 saturated heterocycles. The van der Waals surface area contributed by atoms with Crippen molar-refractivity contribution in [1.82, 2.24) is 15.1 Å². The Morgan fingerprint density at radius 2 is 1.78 bits per heavy atom. The van der Waals surface area contributed by atoms with Crippen LogP contribution >= 0.6 is 0 Å². The zero-order valence-electron chi connectivity index (χ0n) is 16.8. The van der Waals surface area contributed by atoms with Crippen molar-refractivity contribution in [2.75, 3.05) is 32.7 Å². The highest BCUT2D eigenvalue weighted by molar-refractivity contribution is 5.94. The van der Waals surface area contributed by atoms with Crippen LogP contribution in [0, 0.1) is 11.8 Å². The molecule has 0 bridgehead atoms. The number of hydrogen-bond donors (Lipinski definition) is 1. The molecule has 1 aromatic carbocycles. The maximum Gasteiger partial charge on any atom is 0.253 e. The molecule has 2 amide bonds. The van der Waals surface area contributed by atoms with E-state index in [2.05, 4.69) is 42.8 Å². The van der Waals surface area contributed by atoms with Gasteiger partial charge in [0.15, 0.2) is 0 Å². The fourth-order valence-corrected chi connectivity index (χ4v) is 3.03. The third kappa shape index (κ3) is 6.73. The molecule has 1 fully saturated rings. The Kier molecular flexibility index (Phi) is 8.35. The van der Waals surface area contributed by atoms with Gasteiger partial charge in [0.05, 0.1) is 6.54 Å². The first-order valence-corrected chi connectivity index (χ1v) is 9.90. The predicted molar refractivity (Wildman–Crippen MR) is 108 cm³/mol. The van der Waals surface area contributed by atoms with Crippen molar-refractivity contribution in [2.24, 2.45) is 0 Å². The summed E-state index contributed by atoms with van der Waals surface area (Å²) in [5.74, 6) is 6.11. The van der Waals surface area contributed by atoms with Crippen LogP contribution in [0.25, 0.3) is 0 Å². The number of nitrogens with one attached hydrogen (secondary N) is 1. The van der Waals surface area contributed by atoms with Crippen LogP contribution < -0.4 is 5.32 Å². The van der Waals surface area contributed by atoms with E-state index in [1.165, 1.54) is 0 Å². The van der Waals surface area contributed by atoms with Crippen LogP contribution in [0.2, 0.25) is 0 Å². The second-order valence-corrected chi connectivity index (χ2v) is 7.18. The lowest BCUT2D eigenvalue weighted by Gasteiger charge is -2.37. The smallest absolute Gasteiger partial charge is 0.253 e. The summed E-state index contributed by atoms with van der Waals surface area (Å²) in [6.45, 7) is 10.2. The second-order valence-electron chi connectivity index (χ2n) is 7.18. The third-order valence-corrected chi connectivity index (χ3v) is 4.83. The summed E-state index contributed by atoms with van der Waals surface area (Å²) in [5, 5.41) is 2.79. The van der Waals surface area contributed by atoms with Gasteiger partial charge in [-0.2, -0.15) is 0 Å². The van der Waals surface area contributed by atoms with E-state index in [1.807, 2.05) is 29.2 Å². The minimum Gasteiger partial charge on any atom is -0.345 e. The van der Waals surface area contributed by atoms with Crippen molar-refractivity contribution < 1.29 is 9.59 Å². The van der Waals surface area contributed by atoms with E-state index in [0.717, 1.165) is 44.6 Å². The number of benzene rings is 1. The Bertz CT molecular complexity index is 678. The van der Waals surface area contributed by atoms with Crippen molar-refractivity contribution in [3.05, 3.63) is 35.4 Å². The molecule has 2 rings (SSSR count). The standard InChI is InChI=1S/C22H31N3O2/c1-4-5-8-21(26)23-13-6-7-19-9-11-20(12-10-19)22(27)25-16-14-24(15-17-25)18(2)3/h9-12,18H,4-5,8,13-17H2,1-3H3,(H,23,26). The minimum absolute atomic E-state index is 0.0460. The van der Waals surface area contributed by atoms with Crippen molar-refractivity contribution in [1.29, 1.82) is 0 Å². The van der Waals surface area contributed by atoms with E-state index in [1.54, 1.807) is 0 Å². The van der Waals surface area contributed by atoms with Gasteiger partial charge >= 0.3 is 0 Å². The molecule has 0 aliphatic carbocycles. The molecule has 0 aromatic heterocycles. The van der Waals surface area contributed by atoms with Gasteiger partial charge in [-0.1, -0.05) is 25.2 Å². The minimum atomic E-state index is 0.0460. The summed E-state index contributed by atoms with van der Waals surface area (Å²) in [6.07, 6.45) is 2.47. The molecule has 0 saturated carbocycles. The van der Waals surface area contributed by atoms with Gasteiger partial charge in [-0.05, 0) is 44.5 Å². The molecule has 1 aromatic rings. The third-order valence-electron chi connectivity index (χ3n) is 4.83. The number of unbranched alkanes of at least 4 members (excludes halogenated alkanes) is 1. The Hall–Kier alpha value is -2.32. The van der Waals surface area contributed by atoms with Crippen LogP contribution in [-0.4, -0.2) is 60.4 Å². The number of nitrogens with zero attached hydrogens (tertiary/aromatic N) is 2. The molecule has 0 unspecified atom stereocenters. The van der Waals surface area contributed by atoms with Gasteiger partial charge in [0.1, 0.15) is 0 Å². The van der Waals surface area contributed by atoms with E-state index >= 15 is 0 Å². The van der Waals surface area contributed by atoms with Gasteiger partial charge in [-0.15, -0.1) is 0 Å². The number of rotatable bonds is 6. The van der Waals surface area contributed by atoms with E-state index in [-0.39, 0.29) is 11.8 Å². The zero-order valence-corrected chi connectivity index (χ0v) is 16.8. The van der Waals surface area contributed by atoms with Crippen LogP contribution in [0.15, 0.2) is 24.3 Å². The second kappa shape index (κ2) is 10.7. The summed E-state index contributed by atoms with van der Waals surface area (Å²) in [7, 11) is 0. The first-order chi connectivity index (χ1) is 13.0. The molecule has 0 atom stereocenters. The molecule has 0 radical (unpaired) electrons. The highest BCUT2D eigenvalue weighted by Gasteiger charge is 2.23. The maximum atomic E-state index is 12.6. The number of carbonyl (C=O) groups excluding carboxylic acids is 2. The predicted octanol–water partition coefficient (Wildman–Crippen LogP) is 2.51.